The molecule has 11 nitrogen and oxygen atoms in total. The Kier molecular flexibility index (Phi) is 15.5. The predicted molar refractivity (Wildman–Crippen MR) is 146 cm³/mol. The maximum absolute atomic E-state index is 12.0. The van der Waals surface area contributed by atoms with E-state index in [1.165, 1.54) is 50.3 Å². The van der Waals surface area contributed by atoms with E-state index in [1.54, 1.807) is 24.3 Å². The molecular weight excluding hydrogens is 646 g/mol. The van der Waals surface area contributed by atoms with E-state index < -0.39 is 37.2 Å². The van der Waals surface area contributed by atoms with Gasteiger partial charge in [0.2, 0.25) is 6.08 Å². The van der Waals surface area contributed by atoms with Gasteiger partial charge in [-0.2, -0.15) is 35.9 Å². The molecule has 1 heterocycles. The van der Waals surface area contributed by atoms with Gasteiger partial charge in [-0.3, -0.25) is 5.32 Å². The molecule has 1 amide bonds. The highest BCUT2D eigenvalue weighted by atomic mass is 32.3. The standard InChI is InChI=1S/C23H29N3O3.C2F6NO4S2/c1-2-3-4-5-6-7-10-22-11-8-9-16-26(22)17-18-29-23(28)25-21-14-12-20(13-15-21)24-19-27;3-1(4,5)14(10,11)9-15(12,13)2(6,7)8/h8-9,11-16H,2-7,10,17-18H2,1H3;/q;-1/p+1. The van der Waals surface area contributed by atoms with Crippen LogP contribution in [-0.4, -0.2) is 46.6 Å². The number of carbonyl (C=O) groups is 1. The molecule has 0 unspecified atom stereocenters. The van der Waals surface area contributed by atoms with Crippen molar-refractivity contribution in [3.8, 4) is 0 Å². The van der Waals surface area contributed by atoms with Crippen LogP contribution < -0.4 is 9.88 Å². The number of rotatable bonds is 14. The van der Waals surface area contributed by atoms with Crippen LogP contribution in [0, 0.1) is 0 Å². The number of unbranched alkanes of at least 4 members (excludes halogenated alkanes) is 5. The lowest BCUT2D eigenvalue weighted by Crippen LogP contribution is -2.40. The van der Waals surface area contributed by atoms with Crippen molar-refractivity contribution in [2.24, 2.45) is 4.99 Å². The van der Waals surface area contributed by atoms with E-state index in [-0.39, 0.29) is 6.61 Å². The average Bonchev–Trinajstić information content (AvgIpc) is 2.91. The summed E-state index contributed by atoms with van der Waals surface area (Å²) in [6.45, 7) is 3.14. The molecule has 44 heavy (non-hydrogen) atoms. The van der Waals surface area contributed by atoms with Crippen molar-refractivity contribution < 1.29 is 62.1 Å². The van der Waals surface area contributed by atoms with Gasteiger partial charge in [-0.05, 0) is 30.7 Å². The minimum absolute atomic E-state index is 0.289. The molecule has 0 spiro atoms. The van der Waals surface area contributed by atoms with E-state index >= 15 is 0 Å². The quantitative estimate of drug-likeness (QED) is 0.0828. The summed E-state index contributed by atoms with van der Waals surface area (Å²) < 4.78 is 117. The van der Waals surface area contributed by atoms with Crippen molar-refractivity contribution >= 4 is 43.6 Å². The molecule has 19 heteroatoms. The van der Waals surface area contributed by atoms with E-state index in [9.17, 15) is 52.8 Å². The van der Waals surface area contributed by atoms with Gasteiger partial charge in [0.05, 0.1) is 5.69 Å². The fourth-order valence-electron chi connectivity index (χ4n) is 3.32. The largest absolute Gasteiger partial charge is 0.480 e. The van der Waals surface area contributed by atoms with Crippen molar-refractivity contribution in [1.29, 1.82) is 0 Å². The maximum atomic E-state index is 12.0. The smallest absolute Gasteiger partial charge is 0.443 e. The zero-order valence-electron chi connectivity index (χ0n) is 23.3. The summed E-state index contributed by atoms with van der Waals surface area (Å²) in [6.07, 6.45) is 11.7. The highest BCUT2D eigenvalue weighted by Crippen LogP contribution is 2.36. The van der Waals surface area contributed by atoms with E-state index in [0.29, 0.717) is 17.9 Å². The first-order valence-corrected chi connectivity index (χ1v) is 15.8. The monoisotopic (exact) mass is 676 g/mol. The number of amides is 1. The summed E-state index contributed by atoms with van der Waals surface area (Å²) >= 11 is 0. The minimum atomic E-state index is -6.72. The summed E-state index contributed by atoms with van der Waals surface area (Å²) in [7, 11) is -13.4. The van der Waals surface area contributed by atoms with Crippen molar-refractivity contribution in [3.05, 3.63) is 58.5 Å². The Morgan fingerprint density at radius 3 is 2.02 bits per heavy atom. The van der Waals surface area contributed by atoms with Gasteiger partial charge in [-0.25, -0.2) is 26.4 Å². The lowest BCUT2D eigenvalue weighted by molar-refractivity contribution is -0.705. The topological polar surface area (TPSA) is 154 Å². The summed E-state index contributed by atoms with van der Waals surface area (Å²) in [4.78, 5) is 25.7. The molecule has 0 aliphatic rings. The molecular formula is C25H30F6N4O7S2. The first-order chi connectivity index (χ1) is 20.4. The zero-order chi connectivity index (χ0) is 33.4. The number of alkyl halides is 6. The third kappa shape index (κ3) is 13.8. The van der Waals surface area contributed by atoms with Gasteiger partial charge in [0.25, 0.3) is 0 Å². The summed E-state index contributed by atoms with van der Waals surface area (Å²) in [5.74, 6) is 0. The molecule has 0 aliphatic heterocycles. The second kappa shape index (κ2) is 17.7. The molecule has 1 N–H and O–H groups in total. The number of halogens is 6. The van der Waals surface area contributed by atoms with Crippen LogP contribution in [0.15, 0.2) is 53.7 Å². The fraction of sp³-hybridized carbons (Fsp3) is 0.480. The van der Waals surface area contributed by atoms with Crippen LogP contribution in [-0.2, 0) is 42.5 Å². The normalized spacial score (nSPS) is 12.0. The third-order valence-corrected chi connectivity index (χ3v) is 8.20. The van der Waals surface area contributed by atoms with E-state index in [0.717, 1.165) is 10.5 Å². The molecule has 0 saturated carbocycles. The second-order valence-corrected chi connectivity index (χ2v) is 12.3. The fourth-order valence-corrected chi connectivity index (χ4v) is 5.03. The third-order valence-electron chi connectivity index (χ3n) is 5.46. The van der Waals surface area contributed by atoms with Gasteiger partial charge < -0.3 is 8.86 Å². The summed E-state index contributed by atoms with van der Waals surface area (Å²) in [5.41, 5.74) is -10.1. The minimum Gasteiger partial charge on any atom is -0.443 e. The van der Waals surface area contributed by atoms with Crippen LogP contribution in [0.25, 0.3) is 4.13 Å². The number of ether oxygens (including phenoxy) is 1. The van der Waals surface area contributed by atoms with Gasteiger partial charge in [-0.1, -0.05) is 45.1 Å². The lowest BCUT2D eigenvalue weighted by atomic mass is 10.1. The zero-order valence-corrected chi connectivity index (χ0v) is 24.9. The molecule has 2 aromatic rings. The Labute approximate surface area is 250 Å². The van der Waals surface area contributed by atoms with Gasteiger partial charge in [0, 0.05) is 24.2 Å². The van der Waals surface area contributed by atoms with E-state index in [1.807, 2.05) is 12.3 Å². The number of carbonyl (C=O) groups excluding carboxylic acids is 2. The van der Waals surface area contributed by atoms with Gasteiger partial charge in [0.1, 0.15) is 0 Å². The first-order valence-electron chi connectivity index (χ1n) is 12.9. The highest BCUT2D eigenvalue weighted by molar-refractivity contribution is 8.13. The van der Waals surface area contributed by atoms with E-state index in [2.05, 4.69) is 33.9 Å². The number of pyridine rings is 1. The number of nitrogens with zero attached hydrogens (tertiary/aromatic N) is 3. The van der Waals surface area contributed by atoms with Gasteiger partial charge >= 0.3 is 17.1 Å². The molecule has 0 saturated heterocycles. The number of benzene rings is 1. The maximum Gasteiger partial charge on any atom is 0.480 e. The SMILES string of the molecule is CCCCCCCCc1cccc[n+]1CCOC(=O)Nc1ccc(N=C=O)cc1.O=S(=O)([N-]S(=O)(=O)C(F)(F)F)C(F)(F)F. The summed E-state index contributed by atoms with van der Waals surface area (Å²) in [5, 5.41) is 2.66. The number of anilines is 1. The lowest BCUT2D eigenvalue weighted by Gasteiger charge is -2.22. The Morgan fingerprint density at radius 1 is 0.909 bits per heavy atom. The average molecular weight is 677 g/mol. The number of sulfonamides is 2. The van der Waals surface area contributed by atoms with Gasteiger partial charge in [0.15, 0.2) is 45.1 Å². The van der Waals surface area contributed by atoms with Crippen LogP contribution in [0.5, 0.6) is 0 Å². The molecule has 0 radical (unpaired) electrons. The molecule has 0 fully saturated rings. The molecule has 1 aromatic carbocycles. The van der Waals surface area contributed by atoms with Crippen LogP contribution in [0.4, 0.5) is 42.5 Å². The number of aliphatic imine (C=N–C) groups is 1. The molecule has 2 rings (SSSR count). The van der Waals surface area contributed by atoms with Crippen LogP contribution in [0.1, 0.15) is 51.1 Å². The van der Waals surface area contributed by atoms with Crippen molar-refractivity contribution in [2.45, 2.75) is 69.4 Å². The number of hydrogen-bond donors (Lipinski definition) is 1. The van der Waals surface area contributed by atoms with Crippen molar-refractivity contribution in [2.75, 3.05) is 11.9 Å². The van der Waals surface area contributed by atoms with Gasteiger partial charge in [-0.15, -0.1) is 0 Å². The number of hydrogen-bond acceptors (Lipinski definition) is 8. The van der Waals surface area contributed by atoms with Crippen LogP contribution in [0.3, 0.4) is 0 Å². The molecule has 0 bridgehead atoms. The number of aryl methyl sites for hydroxylation is 1. The Hall–Kier alpha value is -3.54. The second-order valence-electron chi connectivity index (χ2n) is 8.83. The first kappa shape index (κ1) is 38.5. The van der Waals surface area contributed by atoms with Crippen molar-refractivity contribution in [3.63, 3.8) is 0 Å². The van der Waals surface area contributed by atoms with E-state index in [4.69, 9.17) is 4.74 Å². The van der Waals surface area contributed by atoms with Crippen LogP contribution >= 0.6 is 0 Å². The number of nitrogens with one attached hydrogen (secondary N) is 1. The van der Waals surface area contributed by atoms with Crippen molar-refractivity contribution in [1.82, 2.24) is 0 Å². The molecule has 246 valence electrons. The number of aromatic nitrogens is 1. The molecule has 1 aromatic heterocycles. The Bertz CT molecular complexity index is 1420. The molecule has 0 atom stereocenters. The highest BCUT2D eigenvalue weighted by Gasteiger charge is 2.46. The predicted octanol–water partition coefficient (Wildman–Crippen LogP) is 6.15. The Morgan fingerprint density at radius 2 is 1.48 bits per heavy atom. The molecule has 0 aliphatic carbocycles. The number of isocyanates is 1. The summed E-state index contributed by atoms with van der Waals surface area (Å²) in [6, 6.07) is 12.7. The Balaban J connectivity index is 0.000000546. The van der Waals surface area contributed by atoms with Crippen LogP contribution in [0.2, 0.25) is 0 Å².